The standard InChI is InChI=1S/C26H26N4O2S/c1-18-7-9-20(10-8-18)22-15-27-25(32-22)12-11-24(31)29-26-28-21-13-14-30(17-23(21)33-26)16-19-5-3-2-4-6-19/h2-10,15H,11-14,16-17H2,1H3,(H,28,29,31). The van der Waals surface area contributed by atoms with Crippen molar-refractivity contribution in [1.82, 2.24) is 14.9 Å². The number of fused-ring (bicyclic) bond motifs is 1. The molecule has 2 aromatic heterocycles. The van der Waals surface area contributed by atoms with E-state index in [1.165, 1.54) is 16.0 Å². The van der Waals surface area contributed by atoms with E-state index in [-0.39, 0.29) is 5.91 Å². The van der Waals surface area contributed by atoms with Gasteiger partial charge in [0.1, 0.15) is 0 Å². The Bertz CT molecular complexity index is 1230. The van der Waals surface area contributed by atoms with Crippen molar-refractivity contribution < 1.29 is 9.21 Å². The van der Waals surface area contributed by atoms with Crippen LogP contribution in [0.2, 0.25) is 0 Å². The Kier molecular flexibility index (Phi) is 6.32. The number of benzene rings is 2. The van der Waals surface area contributed by atoms with Gasteiger partial charge >= 0.3 is 0 Å². The van der Waals surface area contributed by atoms with Crippen molar-refractivity contribution in [2.24, 2.45) is 0 Å². The van der Waals surface area contributed by atoms with Crippen LogP contribution in [0.4, 0.5) is 5.13 Å². The van der Waals surface area contributed by atoms with Crippen LogP contribution in [-0.2, 0) is 30.7 Å². The molecule has 2 aromatic carbocycles. The lowest BCUT2D eigenvalue weighted by Gasteiger charge is -2.25. The molecule has 0 saturated carbocycles. The molecule has 1 aliphatic heterocycles. The van der Waals surface area contributed by atoms with Crippen LogP contribution in [-0.4, -0.2) is 27.3 Å². The number of hydrogen-bond acceptors (Lipinski definition) is 6. The van der Waals surface area contributed by atoms with Crippen molar-refractivity contribution in [1.29, 1.82) is 0 Å². The van der Waals surface area contributed by atoms with Crippen molar-refractivity contribution in [2.45, 2.75) is 39.3 Å². The summed E-state index contributed by atoms with van der Waals surface area (Å²) in [7, 11) is 0. The lowest BCUT2D eigenvalue weighted by atomic mass is 10.1. The number of oxazole rings is 1. The molecule has 0 bridgehead atoms. The maximum atomic E-state index is 12.5. The summed E-state index contributed by atoms with van der Waals surface area (Å²) >= 11 is 1.58. The predicted molar refractivity (Wildman–Crippen MR) is 130 cm³/mol. The SMILES string of the molecule is Cc1ccc(-c2cnc(CCC(=O)Nc3nc4c(s3)CN(Cc3ccccc3)CC4)o2)cc1. The Morgan fingerprint density at radius 2 is 1.97 bits per heavy atom. The normalized spacial score (nSPS) is 13.6. The highest BCUT2D eigenvalue weighted by molar-refractivity contribution is 7.15. The summed E-state index contributed by atoms with van der Waals surface area (Å²) in [5, 5.41) is 3.64. The zero-order valence-electron chi connectivity index (χ0n) is 18.6. The van der Waals surface area contributed by atoms with Gasteiger partial charge in [-0.3, -0.25) is 9.69 Å². The molecule has 4 aromatic rings. The first kappa shape index (κ1) is 21.6. The van der Waals surface area contributed by atoms with Crippen LogP contribution in [0.15, 0.2) is 65.2 Å². The summed E-state index contributed by atoms with van der Waals surface area (Å²) in [5.41, 5.74) is 4.60. The summed E-state index contributed by atoms with van der Waals surface area (Å²) in [4.78, 5) is 25.1. The number of thiazole rings is 1. The maximum absolute atomic E-state index is 12.5. The molecule has 6 nitrogen and oxygen atoms in total. The topological polar surface area (TPSA) is 71.3 Å². The number of aryl methyl sites for hydroxylation is 2. The number of rotatable bonds is 7. The zero-order valence-corrected chi connectivity index (χ0v) is 19.4. The van der Waals surface area contributed by atoms with E-state index in [1.54, 1.807) is 17.5 Å². The summed E-state index contributed by atoms with van der Waals surface area (Å²) < 4.78 is 5.83. The summed E-state index contributed by atoms with van der Waals surface area (Å²) in [6.07, 6.45) is 3.38. The molecule has 0 aliphatic carbocycles. The van der Waals surface area contributed by atoms with Crippen molar-refractivity contribution in [3.63, 3.8) is 0 Å². The number of anilines is 1. The minimum atomic E-state index is -0.0719. The van der Waals surface area contributed by atoms with Crippen LogP contribution >= 0.6 is 11.3 Å². The third-order valence-electron chi connectivity index (χ3n) is 5.76. The molecule has 1 aliphatic rings. The first-order chi connectivity index (χ1) is 16.1. The van der Waals surface area contributed by atoms with E-state index in [1.807, 2.05) is 37.3 Å². The van der Waals surface area contributed by atoms with Gasteiger partial charge in [0.05, 0.1) is 11.9 Å². The van der Waals surface area contributed by atoms with E-state index in [9.17, 15) is 4.79 Å². The van der Waals surface area contributed by atoms with E-state index >= 15 is 0 Å². The Balaban J connectivity index is 1.14. The van der Waals surface area contributed by atoms with Gasteiger partial charge in [-0.1, -0.05) is 60.2 Å². The number of aromatic nitrogens is 2. The van der Waals surface area contributed by atoms with Crippen molar-refractivity contribution in [3.05, 3.63) is 88.4 Å². The van der Waals surface area contributed by atoms with Crippen molar-refractivity contribution >= 4 is 22.4 Å². The van der Waals surface area contributed by atoms with Crippen LogP contribution < -0.4 is 5.32 Å². The highest BCUT2D eigenvalue weighted by Gasteiger charge is 2.21. The fourth-order valence-corrected chi connectivity index (χ4v) is 5.02. The van der Waals surface area contributed by atoms with E-state index in [0.717, 1.165) is 43.1 Å². The Hall–Kier alpha value is -3.29. The molecular formula is C26H26N4O2S. The first-order valence-electron chi connectivity index (χ1n) is 11.2. The lowest BCUT2D eigenvalue weighted by Crippen LogP contribution is -2.29. The molecule has 5 rings (SSSR count). The highest BCUT2D eigenvalue weighted by Crippen LogP contribution is 2.29. The molecule has 0 atom stereocenters. The molecule has 0 spiro atoms. The second-order valence-corrected chi connectivity index (χ2v) is 9.45. The number of carbonyl (C=O) groups is 1. The Morgan fingerprint density at radius 3 is 2.79 bits per heavy atom. The Labute approximate surface area is 197 Å². The maximum Gasteiger partial charge on any atom is 0.226 e. The number of carbonyl (C=O) groups excluding carboxylic acids is 1. The van der Waals surface area contributed by atoms with Crippen LogP contribution in [0.3, 0.4) is 0 Å². The average Bonchev–Trinajstić information content (AvgIpc) is 3.45. The molecule has 1 N–H and O–H groups in total. The van der Waals surface area contributed by atoms with Gasteiger partial charge in [-0.25, -0.2) is 9.97 Å². The lowest BCUT2D eigenvalue weighted by molar-refractivity contribution is -0.116. The largest absolute Gasteiger partial charge is 0.441 e. The quantitative estimate of drug-likeness (QED) is 0.410. The van der Waals surface area contributed by atoms with E-state index in [4.69, 9.17) is 4.42 Å². The van der Waals surface area contributed by atoms with E-state index < -0.39 is 0 Å². The molecular weight excluding hydrogens is 432 g/mol. The number of amides is 1. The molecule has 0 saturated heterocycles. The van der Waals surface area contributed by atoms with Gasteiger partial charge in [0.2, 0.25) is 5.91 Å². The van der Waals surface area contributed by atoms with Gasteiger partial charge in [0.15, 0.2) is 16.8 Å². The molecule has 0 fully saturated rings. The van der Waals surface area contributed by atoms with Crippen molar-refractivity contribution in [3.8, 4) is 11.3 Å². The number of nitrogens with one attached hydrogen (secondary N) is 1. The Morgan fingerprint density at radius 1 is 1.15 bits per heavy atom. The highest BCUT2D eigenvalue weighted by atomic mass is 32.1. The van der Waals surface area contributed by atoms with Crippen LogP contribution in [0.1, 0.15) is 34.0 Å². The summed E-state index contributed by atoms with van der Waals surface area (Å²) in [6, 6.07) is 18.6. The average molecular weight is 459 g/mol. The smallest absolute Gasteiger partial charge is 0.226 e. The van der Waals surface area contributed by atoms with Crippen LogP contribution in [0, 0.1) is 6.92 Å². The fourth-order valence-electron chi connectivity index (χ4n) is 3.96. The van der Waals surface area contributed by atoms with Gasteiger partial charge in [0.25, 0.3) is 0 Å². The summed E-state index contributed by atoms with van der Waals surface area (Å²) in [6.45, 7) is 4.83. The third-order valence-corrected chi connectivity index (χ3v) is 6.76. The number of nitrogens with zero attached hydrogens (tertiary/aromatic N) is 3. The van der Waals surface area contributed by atoms with Gasteiger partial charge in [0, 0.05) is 49.3 Å². The first-order valence-corrected chi connectivity index (χ1v) is 12.0. The van der Waals surface area contributed by atoms with E-state index in [2.05, 4.69) is 44.5 Å². The summed E-state index contributed by atoms with van der Waals surface area (Å²) in [5.74, 6) is 1.21. The second kappa shape index (κ2) is 9.68. The van der Waals surface area contributed by atoms with E-state index in [0.29, 0.717) is 23.9 Å². The molecule has 3 heterocycles. The van der Waals surface area contributed by atoms with Gasteiger partial charge in [-0.15, -0.1) is 11.3 Å². The fraction of sp³-hybridized carbons (Fsp3) is 0.269. The second-order valence-electron chi connectivity index (χ2n) is 8.37. The zero-order chi connectivity index (χ0) is 22.6. The van der Waals surface area contributed by atoms with Crippen LogP contribution in [0.5, 0.6) is 0 Å². The van der Waals surface area contributed by atoms with Crippen LogP contribution in [0.25, 0.3) is 11.3 Å². The van der Waals surface area contributed by atoms with Crippen molar-refractivity contribution in [2.75, 3.05) is 11.9 Å². The monoisotopic (exact) mass is 458 g/mol. The van der Waals surface area contributed by atoms with Gasteiger partial charge in [-0.2, -0.15) is 0 Å². The third kappa shape index (κ3) is 5.38. The predicted octanol–water partition coefficient (Wildman–Crippen LogP) is 5.24. The van der Waals surface area contributed by atoms with Gasteiger partial charge in [-0.05, 0) is 12.5 Å². The molecule has 0 unspecified atom stereocenters. The molecule has 0 radical (unpaired) electrons. The molecule has 7 heteroatoms. The van der Waals surface area contributed by atoms with Gasteiger partial charge < -0.3 is 9.73 Å². The molecule has 1 amide bonds. The minimum Gasteiger partial charge on any atom is -0.441 e. The molecule has 33 heavy (non-hydrogen) atoms. The number of hydrogen-bond donors (Lipinski definition) is 1. The minimum absolute atomic E-state index is 0.0719. The molecule has 168 valence electrons.